The Labute approximate surface area is 108 Å². The van der Waals surface area contributed by atoms with E-state index in [1.165, 1.54) is 5.56 Å². The molecule has 18 heavy (non-hydrogen) atoms. The Hall–Kier alpha value is -1.67. The summed E-state index contributed by atoms with van der Waals surface area (Å²) in [5.74, 6) is 0. The number of aliphatic hydroxyl groups is 1. The molecule has 0 aliphatic rings. The summed E-state index contributed by atoms with van der Waals surface area (Å²) < 4.78 is 0. The van der Waals surface area contributed by atoms with Gasteiger partial charge in [0.2, 0.25) is 0 Å². The van der Waals surface area contributed by atoms with E-state index in [1.54, 1.807) is 6.20 Å². The van der Waals surface area contributed by atoms with E-state index in [-0.39, 0.29) is 0 Å². The van der Waals surface area contributed by atoms with Crippen LogP contribution in [0.5, 0.6) is 0 Å². The first-order valence-corrected chi connectivity index (χ1v) is 6.32. The van der Waals surface area contributed by atoms with Crippen molar-refractivity contribution in [2.75, 3.05) is 0 Å². The Balaban J connectivity index is 2.31. The number of rotatable bonds is 3. The minimum absolute atomic E-state index is 0.642. The molecule has 1 atom stereocenters. The maximum Gasteiger partial charge on any atom is 0.121 e. The van der Waals surface area contributed by atoms with E-state index in [0.717, 1.165) is 28.8 Å². The highest BCUT2D eigenvalue weighted by Crippen LogP contribution is 2.23. The summed E-state index contributed by atoms with van der Waals surface area (Å²) in [4.78, 5) is 4.35. The van der Waals surface area contributed by atoms with Crippen molar-refractivity contribution < 1.29 is 5.11 Å². The van der Waals surface area contributed by atoms with Crippen LogP contribution < -0.4 is 0 Å². The average molecular weight is 241 g/mol. The number of aromatic nitrogens is 1. The maximum atomic E-state index is 10.4. The van der Waals surface area contributed by atoms with Gasteiger partial charge in [0.25, 0.3) is 0 Å². The van der Waals surface area contributed by atoms with Crippen LogP contribution in [0.3, 0.4) is 0 Å². The smallest absolute Gasteiger partial charge is 0.121 e. The van der Waals surface area contributed by atoms with Gasteiger partial charge >= 0.3 is 0 Å². The summed E-state index contributed by atoms with van der Waals surface area (Å²) in [6.45, 7) is 6.11. The van der Waals surface area contributed by atoms with Gasteiger partial charge in [-0.1, -0.05) is 37.3 Å². The van der Waals surface area contributed by atoms with Crippen molar-refractivity contribution in [1.82, 2.24) is 4.98 Å². The maximum absolute atomic E-state index is 10.4. The zero-order valence-corrected chi connectivity index (χ0v) is 11.1. The summed E-state index contributed by atoms with van der Waals surface area (Å²) in [5.41, 5.74) is 5.06. The van der Waals surface area contributed by atoms with Crippen molar-refractivity contribution in [2.45, 2.75) is 33.3 Å². The second-order valence-electron chi connectivity index (χ2n) is 4.71. The van der Waals surface area contributed by atoms with Crippen LogP contribution in [-0.4, -0.2) is 10.1 Å². The van der Waals surface area contributed by atoms with Gasteiger partial charge in [0.15, 0.2) is 0 Å². The third-order valence-corrected chi connectivity index (χ3v) is 3.22. The van der Waals surface area contributed by atoms with E-state index in [0.29, 0.717) is 0 Å². The molecule has 1 N–H and O–H groups in total. The minimum Gasteiger partial charge on any atom is -0.382 e. The monoisotopic (exact) mass is 241 g/mol. The fraction of sp³-hybridized carbons (Fsp3) is 0.312. The van der Waals surface area contributed by atoms with Crippen molar-refractivity contribution in [2.24, 2.45) is 0 Å². The zero-order valence-electron chi connectivity index (χ0n) is 11.1. The second-order valence-corrected chi connectivity index (χ2v) is 4.71. The minimum atomic E-state index is -0.642. The molecule has 1 heterocycles. The molecule has 1 unspecified atom stereocenters. The molecule has 2 nitrogen and oxygen atoms in total. The third-order valence-electron chi connectivity index (χ3n) is 3.22. The van der Waals surface area contributed by atoms with Gasteiger partial charge in [0.05, 0.1) is 5.69 Å². The molecule has 0 saturated heterocycles. The molecule has 1 aromatic carbocycles. The summed E-state index contributed by atoms with van der Waals surface area (Å²) in [6.07, 6.45) is 2.17. The van der Waals surface area contributed by atoms with Crippen molar-refractivity contribution in [3.8, 4) is 0 Å². The standard InChI is InChI=1S/C16H19NO/c1-4-13-5-7-14(8-6-13)16(18)15-12(3)9-11(2)10-17-15/h5-10,16,18H,4H2,1-3H3. The molecule has 0 saturated carbocycles. The SMILES string of the molecule is CCc1ccc(C(O)c2ncc(C)cc2C)cc1. The van der Waals surface area contributed by atoms with Gasteiger partial charge in [-0.3, -0.25) is 4.98 Å². The van der Waals surface area contributed by atoms with Crippen molar-refractivity contribution in [1.29, 1.82) is 0 Å². The molecule has 1 aromatic heterocycles. The quantitative estimate of drug-likeness (QED) is 0.894. The zero-order chi connectivity index (χ0) is 13.1. The van der Waals surface area contributed by atoms with Gasteiger partial charge < -0.3 is 5.11 Å². The number of aliphatic hydroxyl groups excluding tert-OH is 1. The summed E-state index contributed by atoms with van der Waals surface area (Å²) in [5, 5.41) is 10.4. The largest absolute Gasteiger partial charge is 0.382 e. The number of pyridine rings is 1. The fourth-order valence-electron chi connectivity index (χ4n) is 2.11. The molecule has 0 amide bonds. The van der Waals surface area contributed by atoms with E-state index in [4.69, 9.17) is 0 Å². The molecule has 0 bridgehead atoms. The first-order chi connectivity index (χ1) is 8.61. The van der Waals surface area contributed by atoms with Crippen molar-refractivity contribution in [3.63, 3.8) is 0 Å². The molecule has 2 heteroatoms. The van der Waals surface area contributed by atoms with Crippen LogP contribution >= 0.6 is 0 Å². The highest BCUT2D eigenvalue weighted by molar-refractivity contribution is 5.33. The Kier molecular flexibility index (Phi) is 3.78. The van der Waals surface area contributed by atoms with E-state index in [1.807, 2.05) is 32.0 Å². The predicted molar refractivity (Wildman–Crippen MR) is 73.6 cm³/mol. The first kappa shape index (κ1) is 12.8. The molecule has 94 valence electrons. The molecule has 0 spiro atoms. The van der Waals surface area contributed by atoms with Crippen LogP contribution in [0.25, 0.3) is 0 Å². The molecule has 0 aliphatic carbocycles. The number of nitrogens with zero attached hydrogens (tertiary/aromatic N) is 1. The Morgan fingerprint density at radius 1 is 1.17 bits per heavy atom. The van der Waals surface area contributed by atoms with Crippen LogP contribution in [0.15, 0.2) is 36.5 Å². The Morgan fingerprint density at radius 3 is 2.39 bits per heavy atom. The lowest BCUT2D eigenvalue weighted by molar-refractivity contribution is 0.214. The van der Waals surface area contributed by atoms with Gasteiger partial charge in [-0.2, -0.15) is 0 Å². The number of hydrogen-bond donors (Lipinski definition) is 1. The molecule has 0 radical (unpaired) electrons. The van der Waals surface area contributed by atoms with Crippen LogP contribution in [-0.2, 0) is 6.42 Å². The van der Waals surface area contributed by atoms with Crippen LogP contribution in [0.4, 0.5) is 0 Å². The fourth-order valence-corrected chi connectivity index (χ4v) is 2.11. The Morgan fingerprint density at radius 2 is 1.83 bits per heavy atom. The summed E-state index contributed by atoms with van der Waals surface area (Å²) in [6, 6.07) is 10.1. The lowest BCUT2D eigenvalue weighted by atomic mass is 10.0. The van der Waals surface area contributed by atoms with Crippen LogP contribution in [0, 0.1) is 13.8 Å². The Bertz CT molecular complexity index is 531. The molecule has 2 rings (SSSR count). The summed E-state index contributed by atoms with van der Waals surface area (Å²) in [7, 11) is 0. The summed E-state index contributed by atoms with van der Waals surface area (Å²) >= 11 is 0. The lowest BCUT2D eigenvalue weighted by Gasteiger charge is -2.14. The van der Waals surface area contributed by atoms with E-state index in [2.05, 4.69) is 24.0 Å². The number of benzene rings is 1. The van der Waals surface area contributed by atoms with Crippen molar-refractivity contribution >= 4 is 0 Å². The molecular weight excluding hydrogens is 222 g/mol. The van der Waals surface area contributed by atoms with Crippen LogP contribution in [0.2, 0.25) is 0 Å². The van der Waals surface area contributed by atoms with E-state index < -0.39 is 6.10 Å². The third kappa shape index (κ3) is 2.59. The van der Waals surface area contributed by atoms with Gasteiger partial charge in [-0.25, -0.2) is 0 Å². The topological polar surface area (TPSA) is 33.1 Å². The molecule has 0 aliphatic heterocycles. The van der Waals surface area contributed by atoms with E-state index in [9.17, 15) is 5.11 Å². The van der Waals surface area contributed by atoms with Gasteiger partial charge in [-0.05, 0) is 42.5 Å². The highest BCUT2D eigenvalue weighted by Gasteiger charge is 2.14. The van der Waals surface area contributed by atoms with Gasteiger partial charge in [0, 0.05) is 6.20 Å². The first-order valence-electron chi connectivity index (χ1n) is 6.32. The average Bonchev–Trinajstić information content (AvgIpc) is 2.38. The van der Waals surface area contributed by atoms with E-state index >= 15 is 0 Å². The molecule has 2 aromatic rings. The van der Waals surface area contributed by atoms with Crippen molar-refractivity contribution in [3.05, 3.63) is 64.5 Å². The molecule has 0 fully saturated rings. The molecular formula is C16H19NO. The normalized spacial score (nSPS) is 12.4. The highest BCUT2D eigenvalue weighted by atomic mass is 16.3. The van der Waals surface area contributed by atoms with Crippen LogP contribution in [0.1, 0.15) is 41.0 Å². The number of hydrogen-bond acceptors (Lipinski definition) is 2. The number of aryl methyl sites for hydroxylation is 3. The predicted octanol–water partition coefficient (Wildman–Crippen LogP) is 3.34. The second kappa shape index (κ2) is 5.32. The van der Waals surface area contributed by atoms with Gasteiger partial charge in [0.1, 0.15) is 6.10 Å². The lowest BCUT2D eigenvalue weighted by Crippen LogP contribution is -2.05. The van der Waals surface area contributed by atoms with Gasteiger partial charge in [-0.15, -0.1) is 0 Å².